The minimum atomic E-state index is 0.772. The van der Waals surface area contributed by atoms with Crippen LogP contribution in [0.3, 0.4) is 0 Å². The molecule has 1 heterocycles. The highest BCUT2D eigenvalue weighted by atomic mass is 32.2. The van der Waals surface area contributed by atoms with Crippen molar-refractivity contribution in [1.82, 2.24) is 9.88 Å². The minimum Gasteiger partial charge on any atom is -0.302 e. The molecule has 0 aliphatic heterocycles. The summed E-state index contributed by atoms with van der Waals surface area (Å²) in [5, 5.41) is 0.837. The highest BCUT2D eigenvalue weighted by Gasteiger charge is 2.29. The fourth-order valence-electron chi connectivity index (χ4n) is 2.69. The zero-order chi connectivity index (χ0) is 12.1. The molecule has 0 radical (unpaired) electrons. The second kappa shape index (κ2) is 6.41. The van der Waals surface area contributed by atoms with Crippen LogP contribution in [0.15, 0.2) is 24.4 Å². The lowest BCUT2D eigenvalue weighted by atomic mass is 10.2. The maximum absolute atomic E-state index is 4.38. The molecule has 94 valence electrons. The van der Waals surface area contributed by atoms with Crippen molar-refractivity contribution >= 4 is 11.8 Å². The molecule has 1 fully saturated rings. The van der Waals surface area contributed by atoms with E-state index in [1.165, 1.54) is 25.0 Å². The molecule has 0 amide bonds. The minimum absolute atomic E-state index is 0.772. The van der Waals surface area contributed by atoms with Crippen molar-refractivity contribution in [3.63, 3.8) is 0 Å². The average molecular weight is 250 g/mol. The van der Waals surface area contributed by atoms with E-state index in [0.29, 0.717) is 0 Å². The number of rotatable bonds is 5. The third-order valence-electron chi connectivity index (χ3n) is 3.73. The lowest BCUT2D eigenvalue weighted by Gasteiger charge is -2.28. The van der Waals surface area contributed by atoms with E-state index in [9.17, 15) is 0 Å². The third-order valence-corrected chi connectivity index (χ3v) is 4.89. The number of pyridine rings is 1. The molecule has 1 aromatic heterocycles. The van der Waals surface area contributed by atoms with Crippen LogP contribution in [0.1, 0.15) is 25.0 Å². The molecule has 1 aromatic rings. The number of hydrogen-bond acceptors (Lipinski definition) is 3. The maximum Gasteiger partial charge on any atom is 0.0416 e. The Morgan fingerprint density at radius 3 is 3.00 bits per heavy atom. The van der Waals surface area contributed by atoms with Crippen molar-refractivity contribution in [3.05, 3.63) is 30.1 Å². The summed E-state index contributed by atoms with van der Waals surface area (Å²) in [5.74, 6) is 0. The summed E-state index contributed by atoms with van der Waals surface area (Å²) >= 11 is 2.03. The molecule has 2 unspecified atom stereocenters. The molecule has 2 nitrogen and oxygen atoms in total. The van der Waals surface area contributed by atoms with Gasteiger partial charge >= 0.3 is 0 Å². The molecule has 2 rings (SSSR count). The summed E-state index contributed by atoms with van der Waals surface area (Å²) in [6, 6.07) is 6.94. The molecule has 3 heteroatoms. The SMILES string of the molecule is CSC1CCCC1N(C)CCc1ccccn1. The van der Waals surface area contributed by atoms with Gasteiger partial charge in [-0.25, -0.2) is 0 Å². The maximum atomic E-state index is 4.38. The molecule has 0 saturated heterocycles. The van der Waals surface area contributed by atoms with Crippen molar-refractivity contribution in [2.45, 2.75) is 37.0 Å². The molecule has 0 bridgehead atoms. The van der Waals surface area contributed by atoms with Crippen LogP contribution in [0.4, 0.5) is 0 Å². The van der Waals surface area contributed by atoms with E-state index in [0.717, 1.165) is 24.3 Å². The molecule has 0 aromatic carbocycles. The monoisotopic (exact) mass is 250 g/mol. The van der Waals surface area contributed by atoms with E-state index in [-0.39, 0.29) is 0 Å². The Morgan fingerprint density at radius 1 is 1.41 bits per heavy atom. The first-order valence-corrected chi connectivity index (χ1v) is 7.73. The number of hydrogen-bond donors (Lipinski definition) is 0. The lowest BCUT2D eigenvalue weighted by molar-refractivity contribution is 0.252. The average Bonchev–Trinajstić information content (AvgIpc) is 2.85. The van der Waals surface area contributed by atoms with E-state index in [1.807, 2.05) is 24.0 Å². The van der Waals surface area contributed by atoms with Crippen molar-refractivity contribution in [2.24, 2.45) is 0 Å². The molecule has 0 N–H and O–H groups in total. The van der Waals surface area contributed by atoms with Gasteiger partial charge in [-0.3, -0.25) is 4.98 Å². The van der Waals surface area contributed by atoms with Crippen molar-refractivity contribution in [1.29, 1.82) is 0 Å². The van der Waals surface area contributed by atoms with E-state index >= 15 is 0 Å². The predicted octanol–water partition coefficient (Wildman–Crippen LogP) is 2.84. The zero-order valence-electron chi connectivity index (χ0n) is 10.8. The van der Waals surface area contributed by atoms with E-state index in [1.54, 1.807) is 0 Å². The summed E-state index contributed by atoms with van der Waals surface area (Å²) < 4.78 is 0. The second-order valence-electron chi connectivity index (χ2n) is 4.82. The van der Waals surface area contributed by atoms with Gasteiger partial charge in [0, 0.05) is 36.1 Å². The van der Waals surface area contributed by atoms with Gasteiger partial charge in [0.25, 0.3) is 0 Å². The van der Waals surface area contributed by atoms with Crippen LogP contribution in [0.5, 0.6) is 0 Å². The molecular formula is C14H22N2S. The van der Waals surface area contributed by atoms with Gasteiger partial charge in [-0.1, -0.05) is 12.5 Å². The van der Waals surface area contributed by atoms with Crippen molar-refractivity contribution in [3.8, 4) is 0 Å². The van der Waals surface area contributed by atoms with Crippen LogP contribution in [0.2, 0.25) is 0 Å². The highest BCUT2D eigenvalue weighted by Crippen LogP contribution is 2.31. The Hall–Kier alpha value is -0.540. The van der Waals surface area contributed by atoms with Gasteiger partial charge in [0.2, 0.25) is 0 Å². The third kappa shape index (κ3) is 3.46. The van der Waals surface area contributed by atoms with E-state index < -0.39 is 0 Å². The van der Waals surface area contributed by atoms with Crippen LogP contribution in [-0.2, 0) is 6.42 Å². The fraction of sp³-hybridized carbons (Fsp3) is 0.643. The van der Waals surface area contributed by atoms with Crippen molar-refractivity contribution in [2.75, 3.05) is 19.8 Å². The van der Waals surface area contributed by atoms with Crippen LogP contribution in [0.25, 0.3) is 0 Å². The van der Waals surface area contributed by atoms with Gasteiger partial charge in [-0.2, -0.15) is 11.8 Å². The molecule has 17 heavy (non-hydrogen) atoms. The highest BCUT2D eigenvalue weighted by molar-refractivity contribution is 7.99. The summed E-state index contributed by atoms with van der Waals surface area (Å²) in [6.45, 7) is 1.12. The van der Waals surface area contributed by atoms with Gasteiger partial charge < -0.3 is 4.90 Å². The Labute approximate surface area is 109 Å². The smallest absolute Gasteiger partial charge is 0.0416 e. The standard InChI is InChI=1S/C14H22N2S/c1-16(13-7-5-8-14(13)17-2)11-9-12-6-3-4-10-15-12/h3-4,6,10,13-14H,5,7-9,11H2,1-2H3. The lowest BCUT2D eigenvalue weighted by Crippen LogP contribution is -2.37. The number of thioether (sulfide) groups is 1. The molecule has 1 aliphatic carbocycles. The normalized spacial score (nSPS) is 24.4. The van der Waals surface area contributed by atoms with Gasteiger partial charge in [0.15, 0.2) is 0 Å². The predicted molar refractivity (Wildman–Crippen MR) is 75.5 cm³/mol. The Balaban J connectivity index is 1.83. The summed E-state index contributed by atoms with van der Waals surface area (Å²) in [4.78, 5) is 6.92. The molecule has 1 saturated carbocycles. The Kier molecular flexibility index (Phi) is 4.86. The first kappa shape index (κ1) is 12.9. The van der Waals surface area contributed by atoms with Gasteiger partial charge in [-0.15, -0.1) is 0 Å². The number of aromatic nitrogens is 1. The first-order chi connectivity index (χ1) is 8.31. The first-order valence-electron chi connectivity index (χ1n) is 6.44. The summed E-state index contributed by atoms with van der Waals surface area (Å²) in [7, 11) is 2.27. The fourth-order valence-corrected chi connectivity index (χ4v) is 3.75. The summed E-state index contributed by atoms with van der Waals surface area (Å²) in [6.07, 6.45) is 9.34. The quantitative estimate of drug-likeness (QED) is 0.799. The van der Waals surface area contributed by atoms with Crippen LogP contribution >= 0.6 is 11.8 Å². The van der Waals surface area contributed by atoms with Gasteiger partial charge in [-0.05, 0) is 38.3 Å². The molecule has 2 atom stereocenters. The Bertz CT molecular complexity index is 328. The number of nitrogens with zero attached hydrogens (tertiary/aromatic N) is 2. The van der Waals surface area contributed by atoms with Gasteiger partial charge in [0.1, 0.15) is 0 Å². The van der Waals surface area contributed by atoms with Gasteiger partial charge in [0.05, 0.1) is 0 Å². The van der Waals surface area contributed by atoms with Crippen LogP contribution in [-0.4, -0.2) is 41.0 Å². The Morgan fingerprint density at radius 2 is 2.29 bits per heavy atom. The largest absolute Gasteiger partial charge is 0.302 e. The van der Waals surface area contributed by atoms with Crippen LogP contribution < -0.4 is 0 Å². The van der Waals surface area contributed by atoms with Crippen LogP contribution in [0, 0.1) is 0 Å². The van der Waals surface area contributed by atoms with E-state index in [2.05, 4.69) is 35.3 Å². The van der Waals surface area contributed by atoms with Crippen molar-refractivity contribution < 1.29 is 0 Å². The molecular weight excluding hydrogens is 228 g/mol. The molecule has 1 aliphatic rings. The number of likely N-dealkylation sites (N-methyl/N-ethyl adjacent to an activating group) is 1. The summed E-state index contributed by atoms with van der Waals surface area (Å²) in [5.41, 5.74) is 1.21. The van der Waals surface area contributed by atoms with E-state index in [4.69, 9.17) is 0 Å². The zero-order valence-corrected chi connectivity index (χ0v) is 11.6. The second-order valence-corrected chi connectivity index (χ2v) is 5.90. The molecule has 0 spiro atoms. The topological polar surface area (TPSA) is 16.1 Å².